The number of ether oxygens (including phenoxy) is 1. The molecule has 0 aliphatic heterocycles. The first-order valence-electron chi connectivity index (χ1n) is 12.9. The maximum atomic E-state index is 11.9. The number of hydrogen-bond acceptors (Lipinski definition) is 5. The maximum Gasteiger partial charge on any atom is 0.328 e. The molecule has 0 spiro atoms. The molecule has 6 nitrogen and oxygen atoms in total. The Hall–Kier alpha value is -3.77. The summed E-state index contributed by atoms with van der Waals surface area (Å²) >= 11 is 0. The highest BCUT2D eigenvalue weighted by Gasteiger charge is 2.46. The van der Waals surface area contributed by atoms with E-state index in [2.05, 4.69) is 0 Å². The van der Waals surface area contributed by atoms with Gasteiger partial charge in [0.2, 0.25) is 0 Å². The average molecular weight is 535 g/mol. The Labute approximate surface area is 232 Å². The summed E-state index contributed by atoms with van der Waals surface area (Å²) in [6, 6.07) is 0. The molecule has 0 amide bonds. The monoisotopic (exact) mass is 534 g/mol. The van der Waals surface area contributed by atoms with Gasteiger partial charge in [0.15, 0.2) is 5.78 Å². The number of carboxylic acid groups (broad SMARTS) is 1. The van der Waals surface area contributed by atoms with Crippen molar-refractivity contribution in [1.29, 1.82) is 0 Å². The summed E-state index contributed by atoms with van der Waals surface area (Å²) in [5, 5.41) is 20.2. The Morgan fingerprint density at radius 3 is 2.08 bits per heavy atom. The first-order chi connectivity index (χ1) is 18.2. The molecule has 0 bridgehead atoms. The van der Waals surface area contributed by atoms with Crippen LogP contribution >= 0.6 is 0 Å². The predicted molar refractivity (Wildman–Crippen MR) is 157 cm³/mol. The number of allylic oxidation sites excluding steroid dienone is 14. The minimum Gasteiger partial charge on any atom is -0.478 e. The second kappa shape index (κ2) is 15.6. The smallest absolute Gasteiger partial charge is 0.328 e. The number of aliphatic hydroxyl groups is 1. The molecule has 0 unspecified atom stereocenters. The largest absolute Gasteiger partial charge is 0.478 e. The van der Waals surface area contributed by atoms with Crippen molar-refractivity contribution in [3.05, 3.63) is 107 Å². The highest BCUT2D eigenvalue weighted by Crippen LogP contribution is 2.44. The molecule has 0 saturated heterocycles. The Bertz CT molecular complexity index is 1190. The third-order valence-electron chi connectivity index (χ3n) is 6.31. The summed E-state index contributed by atoms with van der Waals surface area (Å²) in [6.45, 7) is 12.7. The molecule has 1 atom stereocenters. The van der Waals surface area contributed by atoms with Crippen molar-refractivity contribution in [2.75, 3.05) is 6.61 Å². The standard InChI is InChI=1S/C33H42O6/c1-24(12-8-9-13-25(2)16-11-17-29(21-31(36)37)23-39-28(5)34)14-10-15-26(3)18-19-33(38)27(4)20-30(35)22-32(33,6)7/h8-16,18-21,38H,17,22-23H2,1-7H3,(H,36,37)/b9-8+,14-10+,16-11+,19-18+,24-12+,25-13+,26-15+,29-21-/t33-/m0/s1. The van der Waals surface area contributed by atoms with E-state index in [1.807, 2.05) is 95.4 Å². The van der Waals surface area contributed by atoms with Gasteiger partial charge in [0.1, 0.15) is 12.2 Å². The molecular formula is C33H42O6. The SMILES string of the molecule is CC(=O)OC/C(=C\C(=O)O)C/C=C/C(C)=C/C=C/C=C(C)/C=C/C=C(C)/C=C/[C@]1(O)C(C)=CC(=O)CC1(C)C. The van der Waals surface area contributed by atoms with Gasteiger partial charge < -0.3 is 14.9 Å². The van der Waals surface area contributed by atoms with Crippen LogP contribution in [0, 0.1) is 5.41 Å². The molecule has 0 aromatic rings. The van der Waals surface area contributed by atoms with Crippen molar-refractivity contribution in [2.45, 2.75) is 66.9 Å². The lowest BCUT2D eigenvalue weighted by Gasteiger charge is -2.44. The Morgan fingerprint density at radius 2 is 1.51 bits per heavy atom. The second-order valence-electron chi connectivity index (χ2n) is 10.5. The van der Waals surface area contributed by atoms with Crippen LogP contribution in [-0.4, -0.2) is 40.1 Å². The van der Waals surface area contributed by atoms with E-state index >= 15 is 0 Å². The van der Waals surface area contributed by atoms with Crippen molar-refractivity contribution in [1.82, 2.24) is 0 Å². The van der Waals surface area contributed by atoms with E-state index in [1.54, 1.807) is 13.0 Å². The molecule has 6 heteroatoms. The fourth-order valence-electron chi connectivity index (χ4n) is 3.97. The van der Waals surface area contributed by atoms with Crippen LogP contribution in [-0.2, 0) is 19.1 Å². The van der Waals surface area contributed by atoms with Gasteiger partial charge >= 0.3 is 11.9 Å². The Morgan fingerprint density at radius 1 is 0.949 bits per heavy atom. The number of carbonyl (C=O) groups excluding carboxylic acids is 2. The summed E-state index contributed by atoms with van der Waals surface area (Å²) in [5.74, 6) is -1.49. The molecule has 0 fully saturated rings. The Kier molecular flexibility index (Phi) is 13.3. The molecule has 1 aliphatic rings. The first-order valence-corrected chi connectivity index (χ1v) is 12.9. The van der Waals surface area contributed by atoms with E-state index in [-0.39, 0.29) is 12.4 Å². The average Bonchev–Trinajstić information content (AvgIpc) is 2.81. The molecule has 39 heavy (non-hydrogen) atoms. The molecule has 1 rings (SSSR count). The van der Waals surface area contributed by atoms with E-state index in [0.717, 1.165) is 22.8 Å². The number of rotatable bonds is 12. The summed E-state index contributed by atoms with van der Waals surface area (Å²) in [4.78, 5) is 33.8. The number of carbonyl (C=O) groups is 3. The van der Waals surface area contributed by atoms with Crippen LogP contribution in [0.15, 0.2) is 107 Å². The molecular weight excluding hydrogens is 492 g/mol. The third kappa shape index (κ3) is 12.1. The van der Waals surface area contributed by atoms with E-state index in [1.165, 1.54) is 13.0 Å². The molecule has 2 N–H and O–H groups in total. The van der Waals surface area contributed by atoms with Gasteiger partial charge in [-0.05, 0) is 57.4 Å². The zero-order valence-corrected chi connectivity index (χ0v) is 24.2. The normalized spacial score (nSPS) is 21.4. The fraction of sp³-hybridized carbons (Fsp3) is 0.364. The highest BCUT2D eigenvalue weighted by molar-refractivity contribution is 5.92. The van der Waals surface area contributed by atoms with Gasteiger partial charge in [-0.1, -0.05) is 91.3 Å². The van der Waals surface area contributed by atoms with Gasteiger partial charge in [0, 0.05) is 24.8 Å². The van der Waals surface area contributed by atoms with E-state index in [0.29, 0.717) is 24.0 Å². The van der Waals surface area contributed by atoms with Gasteiger partial charge in [0.05, 0.1) is 0 Å². The van der Waals surface area contributed by atoms with Gasteiger partial charge in [-0.2, -0.15) is 0 Å². The van der Waals surface area contributed by atoms with Crippen molar-refractivity contribution in [3.63, 3.8) is 0 Å². The second-order valence-corrected chi connectivity index (χ2v) is 10.5. The summed E-state index contributed by atoms with van der Waals surface area (Å²) in [5.41, 5.74) is 2.44. The highest BCUT2D eigenvalue weighted by atomic mass is 16.5. The van der Waals surface area contributed by atoms with Crippen LogP contribution < -0.4 is 0 Å². The van der Waals surface area contributed by atoms with Crippen LogP contribution in [0.4, 0.5) is 0 Å². The zero-order valence-electron chi connectivity index (χ0n) is 24.2. The van der Waals surface area contributed by atoms with Gasteiger partial charge in [-0.25, -0.2) is 4.79 Å². The number of carboxylic acids is 1. The van der Waals surface area contributed by atoms with Gasteiger partial charge in [0.25, 0.3) is 0 Å². The molecule has 0 saturated carbocycles. The van der Waals surface area contributed by atoms with Gasteiger partial charge in [-0.15, -0.1) is 0 Å². The van der Waals surface area contributed by atoms with Crippen LogP contribution in [0.1, 0.15) is 61.3 Å². The summed E-state index contributed by atoms with van der Waals surface area (Å²) in [7, 11) is 0. The van der Waals surface area contributed by atoms with Crippen LogP contribution in [0.5, 0.6) is 0 Å². The van der Waals surface area contributed by atoms with E-state index < -0.39 is 23.0 Å². The molecule has 0 radical (unpaired) electrons. The van der Waals surface area contributed by atoms with Crippen molar-refractivity contribution in [2.24, 2.45) is 5.41 Å². The number of hydrogen-bond donors (Lipinski definition) is 2. The maximum absolute atomic E-state index is 11.9. The van der Waals surface area contributed by atoms with Crippen molar-refractivity contribution >= 4 is 17.7 Å². The summed E-state index contributed by atoms with van der Waals surface area (Å²) < 4.78 is 4.89. The van der Waals surface area contributed by atoms with E-state index in [4.69, 9.17) is 9.84 Å². The lowest BCUT2D eigenvalue weighted by Crippen LogP contribution is -2.48. The van der Waals surface area contributed by atoms with Crippen LogP contribution in [0.3, 0.4) is 0 Å². The fourth-order valence-corrected chi connectivity index (χ4v) is 3.97. The zero-order chi connectivity index (χ0) is 29.6. The van der Waals surface area contributed by atoms with Crippen LogP contribution in [0.2, 0.25) is 0 Å². The minimum atomic E-state index is -1.16. The minimum absolute atomic E-state index is 0.0428. The summed E-state index contributed by atoms with van der Waals surface area (Å²) in [6.07, 6.45) is 24.3. The first kappa shape index (κ1) is 33.3. The molecule has 1 aliphatic carbocycles. The molecule has 0 heterocycles. The quantitative estimate of drug-likeness (QED) is 0.164. The van der Waals surface area contributed by atoms with Crippen molar-refractivity contribution < 1.29 is 29.3 Å². The number of esters is 1. The number of aliphatic carboxylic acids is 1. The lowest BCUT2D eigenvalue weighted by atomic mass is 9.64. The van der Waals surface area contributed by atoms with Gasteiger partial charge in [-0.3, -0.25) is 9.59 Å². The number of ketones is 1. The predicted octanol–water partition coefficient (Wildman–Crippen LogP) is 6.69. The lowest BCUT2D eigenvalue weighted by molar-refractivity contribution is -0.140. The molecule has 0 aromatic carbocycles. The van der Waals surface area contributed by atoms with Crippen LogP contribution in [0.25, 0.3) is 0 Å². The third-order valence-corrected chi connectivity index (χ3v) is 6.31. The van der Waals surface area contributed by atoms with Crippen molar-refractivity contribution in [3.8, 4) is 0 Å². The van der Waals surface area contributed by atoms with E-state index in [9.17, 15) is 19.5 Å². The molecule has 0 aromatic heterocycles. The topological polar surface area (TPSA) is 101 Å². The molecule has 210 valence electrons. The Balaban J connectivity index is 2.72.